The number of amides is 1. The number of benzene rings is 2. The minimum atomic E-state index is -1.00. The van der Waals surface area contributed by atoms with E-state index in [1.54, 1.807) is 0 Å². The molecule has 2 aromatic carbocycles. The Morgan fingerprint density at radius 2 is 1.57 bits per heavy atom. The van der Waals surface area contributed by atoms with Gasteiger partial charge in [0.05, 0.1) is 5.56 Å². The van der Waals surface area contributed by atoms with Gasteiger partial charge in [-0.25, -0.2) is 4.79 Å². The molecule has 0 radical (unpaired) electrons. The van der Waals surface area contributed by atoms with Gasteiger partial charge in [0.2, 0.25) is 0 Å². The van der Waals surface area contributed by atoms with Gasteiger partial charge < -0.3 is 10.4 Å². The van der Waals surface area contributed by atoms with Crippen molar-refractivity contribution < 1.29 is 14.7 Å². The van der Waals surface area contributed by atoms with Gasteiger partial charge in [0.25, 0.3) is 5.91 Å². The minimum Gasteiger partial charge on any atom is -0.478 e. The van der Waals surface area contributed by atoms with E-state index in [0.29, 0.717) is 5.56 Å². The molecule has 0 aliphatic carbocycles. The van der Waals surface area contributed by atoms with Crippen LogP contribution in [0, 0.1) is 0 Å². The summed E-state index contributed by atoms with van der Waals surface area (Å²) in [6.07, 6.45) is 0.750. The van der Waals surface area contributed by atoms with Crippen LogP contribution in [0.1, 0.15) is 33.2 Å². The highest BCUT2D eigenvalue weighted by Gasteiger charge is 2.11. The molecule has 0 aliphatic heterocycles. The summed E-state index contributed by atoms with van der Waals surface area (Å²) in [4.78, 5) is 22.8. The average molecular weight is 283 g/mol. The molecule has 1 amide bonds. The lowest BCUT2D eigenvalue weighted by Gasteiger charge is -2.14. The lowest BCUT2D eigenvalue weighted by atomic mass is 10.1. The molecule has 4 heteroatoms. The summed E-state index contributed by atoms with van der Waals surface area (Å²) in [6.45, 7) is 1.94. The third kappa shape index (κ3) is 4.18. The molecule has 0 heterocycles. The lowest BCUT2D eigenvalue weighted by Crippen LogP contribution is -2.34. The van der Waals surface area contributed by atoms with E-state index < -0.39 is 5.97 Å². The molecule has 1 atom stereocenters. The van der Waals surface area contributed by atoms with Crippen LogP contribution in [0.15, 0.2) is 54.6 Å². The van der Waals surface area contributed by atoms with Crippen LogP contribution >= 0.6 is 0 Å². The Bertz CT molecular complexity index is 620. The summed E-state index contributed by atoms with van der Waals surface area (Å²) in [6, 6.07) is 15.8. The molecule has 2 N–H and O–H groups in total. The molecule has 2 rings (SSSR count). The molecule has 0 fully saturated rings. The molecular formula is C17H17NO3. The Kier molecular flexibility index (Phi) is 4.72. The van der Waals surface area contributed by atoms with Crippen molar-refractivity contribution in [3.05, 3.63) is 71.3 Å². The van der Waals surface area contributed by atoms with E-state index in [0.717, 1.165) is 12.0 Å². The van der Waals surface area contributed by atoms with Gasteiger partial charge in [0.1, 0.15) is 0 Å². The average Bonchev–Trinajstić information content (AvgIpc) is 2.48. The van der Waals surface area contributed by atoms with Crippen LogP contribution in [-0.4, -0.2) is 23.0 Å². The summed E-state index contributed by atoms with van der Waals surface area (Å²) >= 11 is 0. The monoisotopic (exact) mass is 283 g/mol. The number of hydrogen-bond donors (Lipinski definition) is 2. The first-order valence-electron chi connectivity index (χ1n) is 6.74. The largest absolute Gasteiger partial charge is 0.478 e. The van der Waals surface area contributed by atoms with E-state index in [9.17, 15) is 9.59 Å². The van der Waals surface area contributed by atoms with Gasteiger partial charge in [-0.2, -0.15) is 0 Å². The zero-order valence-corrected chi connectivity index (χ0v) is 11.7. The van der Waals surface area contributed by atoms with Crippen LogP contribution in [0.3, 0.4) is 0 Å². The number of carbonyl (C=O) groups is 2. The Balaban J connectivity index is 1.96. The molecule has 108 valence electrons. The molecule has 0 aromatic heterocycles. The highest BCUT2D eigenvalue weighted by molar-refractivity contribution is 5.96. The number of carbonyl (C=O) groups excluding carboxylic acids is 1. The quantitative estimate of drug-likeness (QED) is 0.886. The normalized spacial score (nSPS) is 11.7. The SMILES string of the molecule is CC(Cc1ccccc1)NC(=O)c1ccc(C(=O)O)cc1. The van der Waals surface area contributed by atoms with Crippen LogP contribution in [0.25, 0.3) is 0 Å². The number of nitrogens with one attached hydrogen (secondary N) is 1. The van der Waals surface area contributed by atoms with E-state index in [1.807, 2.05) is 37.3 Å². The van der Waals surface area contributed by atoms with Gasteiger partial charge in [-0.05, 0) is 43.2 Å². The van der Waals surface area contributed by atoms with Crippen molar-refractivity contribution >= 4 is 11.9 Å². The van der Waals surface area contributed by atoms with E-state index in [1.165, 1.54) is 24.3 Å². The molecular weight excluding hydrogens is 266 g/mol. The van der Waals surface area contributed by atoms with E-state index in [4.69, 9.17) is 5.11 Å². The Morgan fingerprint density at radius 3 is 2.14 bits per heavy atom. The molecule has 21 heavy (non-hydrogen) atoms. The van der Waals surface area contributed by atoms with Crippen LogP contribution in [-0.2, 0) is 6.42 Å². The van der Waals surface area contributed by atoms with Gasteiger partial charge >= 0.3 is 5.97 Å². The predicted molar refractivity (Wildman–Crippen MR) is 80.5 cm³/mol. The summed E-state index contributed by atoms with van der Waals surface area (Å²) in [7, 11) is 0. The maximum Gasteiger partial charge on any atom is 0.335 e. The maximum atomic E-state index is 12.1. The maximum absolute atomic E-state index is 12.1. The smallest absolute Gasteiger partial charge is 0.335 e. The summed E-state index contributed by atoms with van der Waals surface area (Å²) in [5.74, 6) is -1.20. The molecule has 1 unspecified atom stereocenters. The van der Waals surface area contributed by atoms with Crippen molar-refractivity contribution in [3.8, 4) is 0 Å². The number of carboxylic acids is 1. The van der Waals surface area contributed by atoms with Gasteiger partial charge in [0, 0.05) is 11.6 Å². The van der Waals surface area contributed by atoms with Crippen LogP contribution in [0.4, 0.5) is 0 Å². The zero-order valence-electron chi connectivity index (χ0n) is 11.7. The standard InChI is InChI=1S/C17H17NO3/c1-12(11-13-5-3-2-4-6-13)18-16(19)14-7-9-15(10-8-14)17(20)21/h2-10,12H,11H2,1H3,(H,18,19)(H,20,21). The van der Waals surface area contributed by atoms with Crippen LogP contribution < -0.4 is 5.32 Å². The second-order valence-electron chi connectivity index (χ2n) is 4.95. The molecule has 4 nitrogen and oxygen atoms in total. The second kappa shape index (κ2) is 6.70. The fourth-order valence-corrected chi connectivity index (χ4v) is 2.09. The predicted octanol–water partition coefficient (Wildman–Crippen LogP) is 2.75. The van der Waals surface area contributed by atoms with Crippen molar-refractivity contribution in [2.24, 2.45) is 0 Å². The minimum absolute atomic E-state index is 0.000879. The second-order valence-corrected chi connectivity index (χ2v) is 4.95. The zero-order chi connectivity index (χ0) is 15.2. The molecule has 0 aliphatic rings. The first-order valence-corrected chi connectivity index (χ1v) is 6.74. The number of carboxylic acid groups (broad SMARTS) is 1. The third-order valence-electron chi connectivity index (χ3n) is 3.16. The highest BCUT2D eigenvalue weighted by atomic mass is 16.4. The number of hydrogen-bond acceptors (Lipinski definition) is 2. The van der Waals surface area contributed by atoms with E-state index >= 15 is 0 Å². The fourth-order valence-electron chi connectivity index (χ4n) is 2.09. The summed E-state index contributed by atoms with van der Waals surface area (Å²) < 4.78 is 0. The van der Waals surface area contributed by atoms with Gasteiger partial charge in [-0.1, -0.05) is 30.3 Å². The van der Waals surface area contributed by atoms with Crippen molar-refractivity contribution in [1.82, 2.24) is 5.32 Å². The Labute approximate surface area is 123 Å². The Morgan fingerprint density at radius 1 is 1.00 bits per heavy atom. The summed E-state index contributed by atoms with van der Waals surface area (Å²) in [5, 5.41) is 11.7. The first-order chi connectivity index (χ1) is 10.1. The third-order valence-corrected chi connectivity index (χ3v) is 3.16. The molecule has 0 bridgehead atoms. The van der Waals surface area contributed by atoms with Gasteiger partial charge in [-0.15, -0.1) is 0 Å². The fraction of sp³-hybridized carbons (Fsp3) is 0.176. The van der Waals surface area contributed by atoms with Crippen LogP contribution in [0.2, 0.25) is 0 Å². The van der Waals surface area contributed by atoms with Crippen molar-refractivity contribution in [2.75, 3.05) is 0 Å². The highest BCUT2D eigenvalue weighted by Crippen LogP contribution is 2.07. The lowest BCUT2D eigenvalue weighted by molar-refractivity contribution is 0.0696. The van der Waals surface area contributed by atoms with Crippen LogP contribution in [0.5, 0.6) is 0 Å². The molecule has 0 spiro atoms. The summed E-state index contributed by atoms with van der Waals surface area (Å²) in [5.41, 5.74) is 1.79. The van der Waals surface area contributed by atoms with Crippen molar-refractivity contribution in [3.63, 3.8) is 0 Å². The van der Waals surface area contributed by atoms with Crippen molar-refractivity contribution in [1.29, 1.82) is 0 Å². The van der Waals surface area contributed by atoms with Gasteiger partial charge in [-0.3, -0.25) is 4.79 Å². The number of rotatable bonds is 5. The molecule has 0 saturated carbocycles. The Hall–Kier alpha value is -2.62. The topological polar surface area (TPSA) is 66.4 Å². The molecule has 0 saturated heterocycles. The molecule has 2 aromatic rings. The number of aromatic carboxylic acids is 1. The van der Waals surface area contributed by atoms with Gasteiger partial charge in [0.15, 0.2) is 0 Å². The van der Waals surface area contributed by atoms with E-state index in [2.05, 4.69) is 5.32 Å². The first kappa shape index (κ1) is 14.8. The van der Waals surface area contributed by atoms with E-state index in [-0.39, 0.29) is 17.5 Å². The van der Waals surface area contributed by atoms with Crippen molar-refractivity contribution in [2.45, 2.75) is 19.4 Å².